The van der Waals surface area contributed by atoms with E-state index >= 15 is 0 Å². The lowest BCUT2D eigenvalue weighted by molar-refractivity contribution is -0.144. The molecule has 0 aliphatic carbocycles. The molecular weight excluding hydrogens is 250 g/mol. The molecule has 19 heavy (non-hydrogen) atoms. The first-order valence-electron chi connectivity index (χ1n) is 6.32. The van der Waals surface area contributed by atoms with Gasteiger partial charge >= 0.3 is 17.8 Å². The van der Waals surface area contributed by atoms with Crippen molar-refractivity contribution in [3.8, 4) is 0 Å². The summed E-state index contributed by atoms with van der Waals surface area (Å²) in [6, 6.07) is -0.713. The van der Waals surface area contributed by atoms with Gasteiger partial charge in [-0.25, -0.2) is 9.69 Å². The summed E-state index contributed by atoms with van der Waals surface area (Å²) in [5.74, 6) is -2.17. The molecule has 1 aliphatic heterocycles. The van der Waals surface area contributed by atoms with Crippen LogP contribution in [0.1, 0.15) is 27.2 Å². The number of rotatable bonds is 6. The highest BCUT2D eigenvalue weighted by atomic mass is 16.2. The number of nitrogens with zero attached hydrogens (tertiary/aromatic N) is 2. The highest BCUT2D eigenvalue weighted by molar-refractivity contribution is 6.45. The van der Waals surface area contributed by atoms with Crippen LogP contribution in [0.4, 0.5) is 4.79 Å². The normalized spacial score (nSPS) is 15.7. The molecule has 1 aliphatic rings. The van der Waals surface area contributed by atoms with Gasteiger partial charge in [0.25, 0.3) is 0 Å². The summed E-state index contributed by atoms with van der Waals surface area (Å²) in [6.07, 6.45) is 0.756. The number of hydrogen-bond donors (Lipinski definition) is 1. The number of amides is 5. The van der Waals surface area contributed by atoms with Gasteiger partial charge in [0.15, 0.2) is 0 Å². The van der Waals surface area contributed by atoms with Gasteiger partial charge in [0.1, 0.15) is 6.54 Å². The fraction of sp³-hybridized carbons (Fsp3) is 0.667. The molecule has 0 saturated carbocycles. The van der Waals surface area contributed by atoms with E-state index in [1.165, 1.54) is 0 Å². The average Bonchev–Trinajstić information content (AvgIpc) is 2.53. The molecule has 1 heterocycles. The van der Waals surface area contributed by atoms with Crippen molar-refractivity contribution >= 4 is 23.8 Å². The maximum absolute atomic E-state index is 11.9. The minimum Gasteiger partial charge on any atom is -0.355 e. The fourth-order valence-electron chi connectivity index (χ4n) is 1.68. The molecule has 0 atom stereocenters. The Balaban J connectivity index is 2.70. The van der Waals surface area contributed by atoms with E-state index in [1.807, 2.05) is 20.8 Å². The molecule has 1 rings (SSSR count). The van der Waals surface area contributed by atoms with E-state index in [2.05, 4.69) is 5.32 Å². The topological polar surface area (TPSA) is 86.8 Å². The zero-order chi connectivity index (χ0) is 14.6. The van der Waals surface area contributed by atoms with Crippen LogP contribution in [0.25, 0.3) is 0 Å². The third kappa shape index (κ3) is 3.52. The van der Waals surface area contributed by atoms with Crippen LogP contribution in [0, 0.1) is 5.92 Å². The zero-order valence-corrected chi connectivity index (χ0v) is 11.4. The van der Waals surface area contributed by atoms with E-state index in [9.17, 15) is 19.2 Å². The second-order valence-electron chi connectivity index (χ2n) is 4.83. The number of urea groups is 1. The van der Waals surface area contributed by atoms with Crippen molar-refractivity contribution < 1.29 is 19.2 Å². The summed E-state index contributed by atoms with van der Waals surface area (Å²) in [5.41, 5.74) is 0. The van der Waals surface area contributed by atoms with Crippen LogP contribution in [-0.4, -0.2) is 53.2 Å². The molecule has 0 aromatic heterocycles. The Morgan fingerprint density at radius 2 is 1.74 bits per heavy atom. The van der Waals surface area contributed by atoms with Crippen molar-refractivity contribution in [1.82, 2.24) is 15.1 Å². The Bertz CT molecular complexity index is 406. The van der Waals surface area contributed by atoms with Crippen molar-refractivity contribution in [2.24, 2.45) is 5.92 Å². The number of nitrogens with one attached hydrogen (secondary N) is 1. The third-order valence-electron chi connectivity index (χ3n) is 2.56. The Kier molecular flexibility index (Phi) is 5.02. The van der Waals surface area contributed by atoms with Crippen LogP contribution in [0.3, 0.4) is 0 Å². The Morgan fingerprint density at radius 3 is 2.26 bits per heavy atom. The molecule has 0 aromatic rings. The summed E-state index contributed by atoms with van der Waals surface area (Å²) in [4.78, 5) is 48.3. The van der Waals surface area contributed by atoms with Gasteiger partial charge in [-0.3, -0.25) is 19.3 Å². The van der Waals surface area contributed by atoms with Crippen LogP contribution in [-0.2, 0) is 14.4 Å². The molecule has 0 spiro atoms. The summed E-state index contributed by atoms with van der Waals surface area (Å²) in [7, 11) is 0. The smallest absolute Gasteiger partial charge is 0.334 e. The first-order valence-corrected chi connectivity index (χ1v) is 6.32. The second kappa shape index (κ2) is 6.31. The lowest BCUT2D eigenvalue weighted by atomic mass is 10.2. The Hall–Kier alpha value is -1.92. The molecular formula is C12H19N3O4. The van der Waals surface area contributed by atoms with E-state index < -0.39 is 30.3 Å². The maximum Gasteiger partial charge on any atom is 0.334 e. The molecule has 1 N–H and O–H groups in total. The monoisotopic (exact) mass is 269 g/mol. The van der Waals surface area contributed by atoms with Crippen molar-refractivity contribution in [3.05, 3.63) is 0 Å². The molecule has 106 valence electrons. The van der Waals surface area contributed by atoms with Gasteiger partial charge in [0.05, 0.1) is 0 Å². The van der Waals surface area contributed by atoms with E-state index in [0.29, 0.717) is 11.4 Å². The van der Waals surface area contributed by atoms with Crippen LogP contribution in [0.15, 0.2) is 0 Å². The molecule has 5 amide bonds. The number of hydrogen-bond acceptors (Lipinski definition) is 4. The number of carbonyl (C=O) groups is 4. The first-order chi connectivity index (χ1) is 8.88. The van der Waals surface area contributed by atoms with Gasteiger partial charge in [-0.2, -0.15) is 0 Å². The minimum atomic E-state index is -0.933. The van der Waals surface area contributed by atoms with E-state index in [0.717, 1.165) is 11.3 Å². The molecule has 0 aromatic carbocycles. The standard InChI is InChI=1S/C12H19N3O4/c1-4-5-13-9(16)7-15-11(18)10(17)14(12(15)19)6-8(2)3/h8H,4-7H2,1-3H3,(H,13,16). The minimum absolute atomic E-state index is 0.0644. The summed E-state index contributed by atoms with van der Waals surface area (Å²) in [6.45, 7) is 5.80. The Morgan fingerprint density at radius 1 is 1.16 bits per heavy atom. The average molecular weight is 269 g/mol. The molecule has 7 nitrogen and oxygen atoms in total. The van der Waals surface area contributed by atoms with Crippen LogP contribution in [0.5, 0.6) is 0 Å². The zero-order valence-electron chi connectivity index (χ0n) is 11.4. The van der Waals surface area contributed by atoms with Gasteiger partial charge in [0, 0.05) is 13.1 Å². The molecule has 0 bridgehead atoms. The number of imide groups is 2. The van der Waals surface area contributed by atoms with E-state index in [4.69, 9.17) is 0 Å². The van der Waals surface area contributed by atoms with E-state index in [1.54, 1.807) is 0 Å². The largest absolute Gasteiger partial charge is 0.355 e. The predicted molar refractivity (Wildman–Crippen MR) is 67.0 cm³/mol. The SMILES string of the molecule is CCCNC(=O)CN1C(=O)C(=O)N(CC(C)C)C1=O. The summed E-state index contributed by atoms with van der Waals surface area (Å²) in [5, 5.41) is 2.56. The van der Waals surface area contributed by atoms with Gasteiger partial charge in [-0.05, 0) is 12.3 Å². The maximum atomic E-state index is 11.9. The highest BCUT2D eigenvalue weighted by Gasteiger charge is 2.45. The van der Waals surface area contributed by atoms with Crippen molar-refractivity contribution in [2.45, 2.75) is 27.2 Å². The van der Waals surface area contributed by atoms with E-state index in [-0.39, 0.29) is 12.5 Å². The third-order valence-corrected chi connectivity index (χ3v) is 2.56. The highest BCUT2D eigenvalue weighted by Crippen LogP contribution is 2.13. The second-order valence-corrected chi connectivity index (χ2v) is 4.83. The van der Waals surface area contributed by atoms with Crippen LogP contribution < -0.4 is 5.32 Å². The lowest BCUT2D eigenvalue weighted by Gasteiger charge is -2.16. The lowest BCUT2D eigenvalue weighted by Crippen LogP contribution is -2.42. The van der Waals surface area contributed by atoms with Crippen molar-refractivity contribution in [1.29, 1.82) is 0 Å². The van der Waals surface area contributed by atoms with Gasteiger partial charge < -0.3 is 5.32 Å². The Labute approximate surface area is 111 Å². The fourth-order valence-corrected chi connectivity index (χ4v) is 1.68. The number of carbonyl (C=O) groups excluding carboxylic acids is 4. The molecule has 0 unspecified atom stereocenters. The van der Waals surface area contributed by atoms with Crippen molar-refractivity contribution in [2.75, 3.05) is 19.6 Å². The quantitative estimate of drug-likeness (QED) is 0.541. The van der Waals surface area contributed by atoms with Crippen LogP contribution >= 0.6 is 0 Å². The molecule has 7 heteroatoms. The molecule has 1 saturated heterocycles. The molecule has 1 fully saturated rings. The predicted octanol–water partition coefficient (Wildman–Crippen LogP) is -0.0406. The van der Waals surface area contributed by atoms with Gasteiger partial charge in [-0.1, -0.05) is 20.8 Å². The molecule has 0 radical (unpaired) electrons. The van der Waals surface area contributed by atoms with Gasteiger partial charge in [0.2, 0.25) is 5.91 Å². The summed E-state index contributed by atoms with van der Waals surface area (Å²) >= 11 is 0. The first kappa shape index (κ1) is 15.1. The van der Waals surface area contributed by atoms with Crippen LogP contribution in [0.2, 0.25) is 0 Å². The van der Waals surface area contributed by atoms with Gasteiger partial charge in [-0.15, -0.1) is 0 Å². The summed E-state index contributed by atoms with van der Waals surface area (Å²) < 4.78 is 0. The van der Waals surface area contributed by atoms with Crippen molar-refractivity contribution in [3.63, 3.8) is 0 Å².